The smallest absolute Gasteiger partial charge is 0.350 e. The van der Waals surface area contributed by atoms with Crippen LogP contribution in [0, 0.1) is 0 Å². The van der Waals surface area contributed by atoms with Gasteiger partial charge in [0.2, 0.25) is 0 Å². The summed E-state index contributed by atoms with van der Waals surface area (Å²) in [5.41, 5.74) is -0.453. The lowest BCUT2D eigenvalue weighted by Gasteiger charge is -2.13. The van der Waals surface area contributed by atoms with Crippen molar-refractivity contribution in [3.05, 3.63) is 56.6 Å². The quantitative estimate of drug-likeness (QED) is 0.583. The van der Waals surface area contributed by atoms with Gasteiger partial charge in [-0.1, -0.05) is 23.2 Å². The second-order valence-corrected chi connectivity index (χ2v) is 5.87. The molecule has 0 fully saturated rings. The molecular formula is C16H4Cl2O7. The van der Waals surface area contributed by atoms with Gasteiger partial charge < -0.3 is 14.2 Å². The molecule has 0 aliphatic carbocycles. The Kier molecular flexibility index (Phi) is 3.31. The largest absolute Gasteiger partial charge is 0.452 e. The second-order valence-electron chi connectivity index (χ2n) is 5.05. The first-order chi connectivity index (χ1) is 11.9. The molecule has 0 N–H and O–H groups in total. The molecule has 0 saturated carbocycles. The molecule has 2 heterocycles. The third-order valence-electron chi connectivity index (χ3n) is 3.64. The van der Waals surface area contributed by atoms with Crippen molar-refractivity contribution in [1.82, 2.24) is 0 Å². The van der Waals surface area contributed by atoms with Crippen LogP contribution in [0.5, 0.6) is 11.5 Å². The molecule has 2 aromatic rings. The zero-order valence-electron chi connectivity index (χ0n) is 11.9. The maximum atomic E-state index is 11.9. The van der Waals surface area contributed by atoms with E-state index in [1.165, 1.54) is 24.3 Å². The summed E-state index contributed by atoms with van der Waals surface area (Å²) in [6.45, 7) is 0. The van der Waals surface area contributed by atoms with Crippen molar-refractivity contribution in [3.63, 3.8) is 0 Å². The Labute approximate surface area is 149 Å². The zero-order chi connectivity index (χ0) is 17.9. The molecule has 124 valence electrons. The van der Waals surface area contributed by atoms with Gasteiger partial charge in [0.15, 0.2) is 11.5 Å². The van der Waals surface area contributed by atoms with Crippen LogP contribution in [0.4, 0.5) is 0 Å². The minimum atomic E-state index is -0.945. The fourth-order valence-corrected chi connectivity index (χ4v) is 2.93. The van der Waals surface area contributed by atoms with E-state index in [2.05, 4.69) is 9.47 Å². The van der Waals surface area contributed by atoms with E-state index < -0.39 is 23.9 Å². The molecular weight excluding hydrogens is 375 g/mol. The number of carbonyl (C=O) groups is 4. The Morgan fingerprint density at radius 3 is 1.44 bits per heavy atom. The highest BCUT2D eigenvalue weighted by Crippen LogP contribution is 2.43. The van der Waals surface area contributed by atoms with Gasteiger partial charge in [-0.25, -0.2) is 19.2 Å². The van der Waals surface area contributed by atoms with Gasteiger partial charge in [0.1, 0.15) is 11.1 Å². The minimum Gasteiger partial charge on any atom is -0.452 e. The van der Waals surface area contributed by atoms with Gasteiger partial charge in [-0.05, 0) is 24.3 Å². The van der Waals surface area contributed by atoms with Crippen molar-refractivity contribution in [2.75, 3.05) is 0 Å². The first kappa shape index (κ1) is 15.6. The molecule has 2 aliphatic heterocycles. The van der Waals surface area contributed by atoms with Crippen molar-refractivity contribution in [3.8, 4) is 11.5 Å². The summed E-state index contributed by atoms with van der Waals surface area (Å²) in [6, 6.07) is 5.28. The normalized spacial score (nSPS) is 15.0. The summed E-state index contributed by atoms with van der Waals surface area (Å²) >= 11 is 12.1. The lowest BCUT2D eigenvalue weighted by Crippen LogP contribution is -2.03. The van der Waals surface area contributed by atoms with Crippen LogP contribution in [0.15, 0.2) is 24.3 Å². The number of cyclic esters (lactones) is 4. The van der Waals surface area contributed by atoms with Crippen LogP contribution in [0.2, 0.25) is 10.0 Å². The highest BCUT2D eigenvalue weighted by molar-refractivity contribution is 6.35. The van der Waals surface area contributed by atoms with E-state index in [1.54, 1.807) is 0 Å². The molecule has 0 atom stereocenters. The van der Waals surface area contributed by atoms with Gasteiger partial charge in [0, 0.05) is 0 Å². The monoisotopic (exact) mass is 378 g/mol. The molecule has 0 spiro atoms. The second kappa shape index (κ2) is 5.30. The lowest BCUT2D eigenvalue weighted by molar-refractivity contribution is 0.0426. The average Bonchev–Trinajstić information content (AvgIpc) is 3.01. The molecule has 2 aromatic carbocycles. The molecule has 4 rings (SSSR count). The fourth-order valence-electron chi connectivity index (χ4n) is 2.54. The SMILES string of the molecule is O=C1OC(=O)c2c1ccc(Cl)c2Oc1c(Cl)ccc2c1C(=O)OC2=O. The summed E-state index contributed by atoms with van der Waals surface area (Å²) in [4.78, 5) is 47.1. The molecule has 0 bridgehead atoms. The predicted molar refractivity (Wildman–Crippen MR) is 82.5 cm³/mol. The van der Waals surface area contributed by atoms with E-state index in [1.807, 2.05) is 0 Å². The number of carbonyl (C=O) groups excluding carboxylic acids is 4. The van der Waals surface area contributed by atoms with E-state index >= 15 is 0 Å². The van der Waals surface area contributed by atoms with Gasteiger partial charge in [-0.15, -0.1) is 0 Å². The van der Waals surface area contributed by atoms with Gasteiger partial charge in [-0.2, -0.15) is 0 Å². The topological polar surface area (TPSA) is 96.0 Å². The summed E-state index contributed by atoms with van der Waals surface area (Å²) in [5.74, 6) is -4.00. The summed E-state index contributed by atoms with van der Waals surface area (Å²) < 4.78 is 14.7. The maximum absolute atomic E-state index is 11.9. The Morgan fingerprint density at radius 2 is 1.04 bits per heavy atom. The molecule has 7 nitrogen and oxygen atoms in total. The number of esters is 4. The number of halogens is 2. The Morgan fingerprint density at radius 1 is 0.640 bits per heavy atom. The summed E-state index contributed by atoms with van der Waals surface area (Å²) in [5, 5.41) is -0.0338. The van der Waals surface area contributed by atoms with Crippen molar-refractivity contribution in [2.45, 2.75) is 0 Å². The number of rotatable bonds is 2. The molecule has 0 radical (unpaired) electrons. The van der Waals surface area contributed by atoms with Crippen LogP contribution in [0.3, 0.4) is 0 Å². The summed E-state index contributed by atoms with van der Waals surface area (Å²) in [6.07, 6.45) is 0. The molecule has 9 heteroatoms. The number of hydrogen-bond donors (Lipinski definition) is 0. The lowest BCUT2D eigenvalue weighted by atomic mass is 10.1. The standard InChI is InChI=1S/C16H4Cl2O7/c17-7-3-1-5-9(15(21)24-13(5)19)11(7)23-12-8(18)4-2-6-10(12)16(22)25-14(6)20/h1-4H. The first-order valence-corrected chi connectivity index (χ1v) is 7.50. The molecule has 0 aromatic heterocycles. The van der Waals surface area contributed by atoms with Gasteiger partial charge in [0.05, 0.1) is 21.2 Å². The van der Waals surface area contributed by atoms with E-state index in [-0.39, 0.29) is 43.8 Å². The van der Waals surface area contributed by atoms with Gasteiger partial charge in [0.25, 0.3) is 0 Å². The molecule has 0 unspecified atom stereocenters. The molecule has 2 aliphatic rings. The predicted octanol–water partition coefficient (Wildman–Crippen LogP) is 3.41. The summed E-state index contributed by atoms with van der Waals surface area (Å²) in [7, 11) is 0. The van der Waals surface area contributed by atoms with Crippen LogP contribution in [-0.2, 0) is 9.47 Å². The Hall–Kier alpha value is -2.90. The highest BCUT2D eigenvalue weighted by Gasteiger charge is 2.38. The van der Waals surface area contributed by atoms with Gasteiger partial charge >= 0.3 is 23.9 Å². The van der Waals surface area contributed by atoms with Crippen molar-refractivity contribution >= 4 is 47.1 Å². The van der Waals surface area contributed by atoms with E-state index in [0.29, 0.717) is 0 Å². The highest BCUT2D eigenvalue weighted by atomic mass is 35.5. The van der Waals surface area contributed by atoms with E-state index in [9.17, 15) is 19.2 Å². The maximum Gasteiger partial charge on any atom is 0.350 e. The molecule has 0 saturated heterocycles. The third kappa shape index (κ3) is 2.20. The fraction of sp³-hybridized carbons (Fsp3) is 0. The number of benzene rings is 2. The van der Waals surface area contributed by atoms with Gasteiger partial charge in [-0.3, -0.25) is 0 Å². The van der Waals surface area contributed by atoms with E-state index in [4.69, 9.17) is 27.9 Å². The van der Waals surface area contributed by atoms with Crippen LogP contribution in [-0.4, -0.2) is 23.9 Å². The van der Waals surface area contributed by atoms with Crippen molar-refractivity contribution in [2.24, 2.45) is 0 Å². The Bertz CT molecular complexity index is 944. The number of hydrogen-bond acceptors (Lipinski definition) is 7. The number of ether oxygens (including phenoxy) is 3. The molecule has 0 amide bonds. The number of fused-ring (bicyclic) bond motifs is 2. The van der Waals surface area contributed by atoms with Crippen LogP contribution in [0.1, 0.15) is 41.4 Å². The van der Waals surface area contributed by atoms with Crippen molar-refractivity contribution in [1.29, 1.82) is 0 Å². The average molecular weight is 379 g/mol. The zero-order valence-corrected chi connectivity index (χ0v) is 13.4. The van der Waals surface area contributed by atoms with Crippen LogP contribution < -0.4 is 4.74 Å². The Balaban J connectivity index is 1.92. The van der Waals surface area contributed by atoms with Crippen molar-refractivity contribution < 1.29 is 33.4 Å². The first-order valence-electron chi connectivity index (χ1n) is 6.74. The van der Waals surface area contributed by atoms with Crippen LogP contribution in [0.25, 0.3) is 0 Å². The molecule has 25 heavy (non-hydrogen) atoms. The minimum absolute atomic E-state index is 0.0169. The van der Waals surface area contributed by atoms with Crippen LogP contribution >= 0.6 is 23.2 Å². The third-order valence-corrected chi connectivity index (χ3v) is 4.24. The van der Waals surface area contributed by atoms with E-state index in [0.717, 1.165) is 0 Å².